The number of benzene rings is 2. The molecule has 0 radical (unpaired) electrons. The van der Waals surface area contributed by atoms with Crippen molar-refractivity contribution in [2.75, 3.05) is 5.32 Å². The van der Waals surface area contributed by atoms with Crippen LogP contribution in [0.15, 0.2) is 51.4 Å². The lowest BCUT2D eigenvalue weighted by Crippen LogP contribution is -2.10. The SMILES string of the molecule is NC(=S)c1ccc(Nc2ccccc2Br)cc1Br. The summed E-state index contributed by atoms with van der Waals surface area (Å²) >= 11 is 11.9. The fourth-order valence-electron chi connectivity index (χ4n) is 1.51. The van der Waals surface area contributed by atoms with Crippen molar-refractivity contribution in [2.24, 2.45) is 5.73 Å². The van der Waals surface area contributed by atoms with Crippen LogP contribution in [0.3, 0.4) is 0 Å². The zero-order valence-electron chi connectivity index (χ0n) is 9.28. The van der Waals surface area contributed by atoms with E-state index >= 15 is 0 Å². The van der Waals surface area contributed by atoms with Crippen LogP contribution in [0.4, 0.5) is 11.4 Å². The van der Waals surface area contributed by atoms with Crippen molar-refractivity contribution in [1.29, 1.82) is 0 Å². The molecule has 5 heteroatoms. The Balaban J connectivity index is 2.29. The molecule has 2 nitrogen and oxygen atoms in total. The van der Waals surface area contributed by atoms with Crippen molar-refractivity contribution in [3.05, 3.63) is 57.0 Å². The van der Waals surface area contributed by atoms with Gasteiger partial charge in [0.15, 0.2) is 0 Å². The number of rotatable bonds is 3. The molecule has 0 spiro atoms. The van der Waals surface area contributed by atoms with E-state index in [1.54, 1.807) is 0 Å². The van der Waals surface area contributed by atoms with Gasteiger partial charge in [-0.25, -0.2) is 0 Å². The molecule has 18 heavy (non-hydrogen) atoms. The minimum atomic E-state index is 0.384. The van der Waals surface area contributed by atoms with Crippen LogP contribution in [0.5, 0.6) is 0 Å². The highest BCUT2D eigenvalue weighted by molar-refractivity contribution is 9.11. The summed E-state index contributed by atoms with van der Waals surface area (Å²) in [6.45, 7) is 0. The topological polar surface area (TPSA) is 38.0 Å². The average molecular weight is 386 g/mol. The molecule has 0 atom stereocenters. The number of nitrogens with one attached hydrogen (secondary N) is 1. The van der Waals surface area contributed by atoms with Crippen LogP contribution in [0.1, 0.15) is 5.56 Å². The van der Waals surface area contributed by atoms with Gasteiger partial charge in [-0.2, -0.15) is 0 Å². The third kappa shape index (κ3) is 3.10. The Morgan fingerprint density at radius 3 is 2.39 bits per heavy atom. The molecule has 0 amide bonds. The summed E-state index contributed by atoms with van der Waals surface area (Å²) < 4.78 is 1.89. The van der Waals surface area contributed by atoms with Gasteiger partial charge < -0.3 is 11.1 Å². The van der Waals surface area contributed by atoms with Gasteiger partial charge in [0.2, 0.25) is 0 Å². The maximum Gasteiger partial charge on any atom is 0.105 e. The molecular formula is C13H10Br2N2S. The minimum Gasteiger partial charge on any atom is -0.389 e. The molecule has 0 saturated heterocycles. The predicted octanol–water partition coefficient (Wildman–Crippen LogP) is 4.59. The second kappa shape index (κ2) is 5.82. The molecule has 0 aromatic heterocycles. The third-order valence-electron chi connectivity index (χ3n) is 2.39. The number of hydrogen-bond donors (Lipinski definition) is 2. The maximum absolute atomic E-state index is 5.61. The molecule has 3 N–H and O–H groups in total. The van der Waals surface area contributed by atoms with Crippen LogP contribution in [0, 0.1) is 0 Å². The van der Waals surface area contributed by atoms with Crippen molar-refractivity contribution >= 4 is 60.4 Å². The van der Waals surface area contributed by atoms with Crippen molar-refractivity contribution in [3.8, 4) is 0 Å². The first-order chi connectivity index (χ1) is 8.58. The van der Waals surface area contributed by atoms with Gasteiger partial charge in [-0.3, -0.25) is 0 Å². The summed E-state index contributed by atoms with van der Waals surface area (Å²) in [5.41, 5.74) is 8.42. The van der Waals surface area contributed by atoms with Crippen LogP contribution in [-0.4, -0.2) is 4.99 Å². The minimum absolute atomic E-state index is 0.384. The lowest BCUT2D eigenvalue weighted by Gasteiger charge is -2.10. The van der Waals surface area contributed by atoms with Gasteiger partial charge in [-0.15, -0.1) is 0 Å². The van der Waals surface area contributed by atoms with E-state index in [9.17, 15) is 0 Å². The van der Waals surface area contributed by atoms with E-state index < -0.39 is 0 Å². The second-order valence-electron chi connectivity index (χ2n) is 3.66. The van der Waals surface area contributed by atoms with Crippen LogP contribution in [0.25, 0.3) is 0 Å². The smallest absolute Gasteiger partial charge is 0.105 e. The first-order valence-electron chi connectivity index (χ1n) is 5.19. The summed E-state index contributed by atoms with van der Waals surface area (Å²) in [7, 11) is 0. The molecule has 0 saturated carbocycles. The van der Waals surface area contributed by atoms with Crippen molar-refractivity contribution in [3.63, 3.8) is 0 Å². The molecule has 2 aromatic carbocycles. The molecule has 0 aliphatic heterocycles. The summed E-state index contributed by atoms with van der Waals surface area (Å²) in [4.78, 5) is 0.384. The Kier molecular flexibility index (Phi) is 4.37. The van der Waals surface area contributed by atoms with Gasteiger partial charge in [-0.1, -0.05) is 24.4 Å². The van der Waals surface area contributed by atoms with E-state index in [-0.39, 0.29) is 0 Å². The van der Waals surface area contributed by atoms with Crippen LogP contribution < -0.4 is 11.1 Å². The van der Waals surface area contributed by atoms with E-state index in [2.05, 4.69) is 37.2 Å². The van der Waals surface area contributed by atoms with Gasteiger partial charge >= 0.3 is 0 Å². The first-order valence-corrected chi connectivity index (χ1v) is 7.18. The standard InChI is InChI=1S/C13H10Br2N2S/c14-10-3-1-2-4-12(10)17-8-5-6-9(13(16)18)11(15)7-8/h1-7,17H,(H2,16,18). The third-order valence-corrected chi connectivity index (χ3v) is 3.95. The normalized spacial score (nSPS) is 10.1. The van der Waals surface area contributed by atoms with Crippen LogP contribution >= 0.6 is 44.1 Å². The van der Waals surface area contributed by atoms with E-state index in [0.29, 0.717) is 4.99 Å². The van der Waals surface area contributed by atoms with E-state index in [0.717, 1.165) is 25.9 Å². The van der Waals surface area contributed by atoms with Gasteiger partial charge in [-0.05, 0) is 62.2 Å². The number of hydrogen-bond acceptors (Lipinski definition) is 2. The van der Waals surface area contributed by atoms with Crippen LogP contribution in [-0.2, 0) is 0 Å². The predicted molar refractivity (Wildman–Crippen MR) is 87.5 cm³/mol. The van der Waals surface area contributed by atoms with E-state index in [1.807, 2.05) is 42.5 Å². The lowest BCUT2D eigenvalue weighted by atomic mass is 10.2. The molecule has 2 rings (SSSR count). The molecule has 0 fully saturated rings. The lowest BCUT2D eigenvalue weighted by molar-refractivity contribution is 1.50. The zero-order chi connectivity index (χ0) is 13.1. The molecule has 2 aromatic rings. The van der Waals surface area contributed by atoms with Gasteiger partial charge in [0.1, 0.15) is 4.99 Å². The fourth-order valence-corrected chi connectivity index (χ4v) is 2.80. The molecular weight excluding hydrogens is 376 g/mol. The molecule has 0 heterocycles. The highest BCUT2D eigenvalue weighted by atomic mass is 79.9. The number of anilines is 2. The maximum atomic E-state index is 5.61. The molecule has 0 aliphatic carbocycles. The monoisotopic (exact) mass is 384 g/mol. The van der Waals surface area contributed by atoms with Gasteiger partial charge in [0, 0.05) is 20.2 Å². The number of halogens is 2. The Labute approximate surface area is 128 Å². The highest BCUT2D eigenvalue weighted by Crippen LogP contribution is 2.28. The van der Waals surface area contributed by atoms with Crippen molar-refractivity contribution < 1.29 is 0 Å². The molecule has 0 aliphatic rings. The zero-order valence-corrected chi connectivity index (χ0v) is 13.3. The fraction of sp³-hybridized carbons (Fsp3) is 0. The largest absolute Gasteiger partial charge is 0.389 e. The van der Waals surface area contributed by atoms with E-state index in [4.69, 9.17) is 18.0 Å². The second-order valence-corrected chi connectivity index (χ2v) is 5.81. The van der Waals surface area contributed by atoms with E-state index in [1.165, 1.54) is 0 Å². The van der Waals surface area contributed by atoms with Gasteiger partial charge in [0.05, 0.1) is 5.69 Å². The Hall–Kier alpha value is -0.910. The average Bonchev–Trinajstić information content (AvgIpc) is 2.32. The van der Waals surface area contributed by atoms with Crippen molar-refractivity contribution in [1.82, 2.24) is 0 Å². The summed E-state index contributed by atoms with van der Waals surface area (Å²) in [5, 5.41) is 3.32. The van der Waals surface area contributed by atoms with Crippen LogP contribution in [0.2, 0.25) is 0 Å². The summed E-state index contributed by atoms with van der Waals surface area (Å²) in [5.74, 6) is 0. The first kappa shape index (κ1) is 13.5. The Bertz CT molecular complexity index is 599. The quantitative estimate of drug-likeness (QED) is 0.759. The molecule has 92 valence electrons. The molecule has 0 unspecified atom stereocenters. The van der Waals surface area contributed by atoms with Gasteiger partial charge in [0.25, 0.3) is 0 Å². The van der Waals surface area contributed by atoms with Crippen molar-refractivity contribution in [2.45, 2.75) is 0 Å². The summed E-state index contributed by atoms with van der Waals surface area (Å²) in [6.07, 6.45) is 0. The molecule has 0 bridgehead atoms. The number of thiocarbonyl (C=S) groups is 1. The highest BCUT2D eigenvalue weighted by Gasteiger charge is 2.05. The number of nitrogens with two attached hydrogens (primary N) is 1. The number of para-hydroxylation sites is 1. The Morgan fingerprint density at radius 2 is 1.78 bits per heavy atom. The Morgan fingerprint density at radius 1 is 1.06 bits per heavy atom. The summed E-state index contributed by atoms with van der Waals surface area (Å²) in [6, 6.07) is 13.7.